The highest BCUT2D eigenvalue weighted by Crippen LogP contribution is 2.27. The molecule has 2 rings (SSSR count). The SMILES string of the molecule is CC1CN(C)CCN1c1ccc(Cl)cc1CO. The van der Waals surface area contributed by atoms with Crippen LogP contribution in [0.25, 0.3) is 0 Å². The average molecular weight is 255 g/mol. The van der Waals surface area contributed by atoms with Gasteiger partial charge >= 0.3 is 0 Å². The highest BCUT2D eigenvalue weighted by Gasteiger charge is 2.23. The zero-order chi connectivity index (χ0) is 12.4. The normalized spacial score (nSPS) is 21.9. The van der Waals surface area contributed by atoms with Crippen molar-refractivity contribution in [1.29, 1.82) is 0 Å². The molecule has 0 aliphatic carbocycles. The number of aliphatic hydroxyl groups excluding tert-OH is 1. The molecule has 1 aromatic rings. The summed E-state index contributed by atoms with van der Waals surface area (Å²) in [7, 11) is 2.14. The van der Waals surface area contributed by atoms with Gasteiger partial charge in [-0.1, -0.05) is 11.6 Å². The Balaban J connectivity index is 2.27. The van der Waals surface area contributed by atoms with Gasteiger partial charge < -0.3 is 14.9 Å². The summed E-state index contributed by atoms with van der Waals surface area (Å²) >= 11 is 5.96. The van der Waals surface area contributed by atoms with Crippen molar-refractivity contribution in [3.05, 3.63) is 28.8 Å². The second-order valence-electron chi connectivity index (χ2n) is 4.74. The molecule has 1 N–H and O–H groups in total. The van der Waals surface area contributed by atoms with Gasteiger partial charge in [-0.3, -0.25) is 0 Å². The predicted molar refractivity (Wildman–Crippen MR) is 71.7 cm³/mol. The maximum Gasteiger partial charge on any atom is 0.0702 e. The molecule has 1 aliphatic rings. The van der Waals surface area contributed by atoms with E-state index in [2.05, 4.69) is 23.8 Å². The minimum atomic E-state index is 0.0367. The first kappa shape index (κ1) is 12.7. The zero-order valence-corrected chi connectivity index (χ0v) is 11.1. The van der Waals surface area contributed by atoms with Crippen LogP contribution in [-0.2, 0) is 6.61 Å². The van der Waals surface area contributed by atoms with Crippen molar-refractivity contribution in [1.82, 2.24) is 4.90 Å². The van der Waals surface area contributed by atoms with E-state index in [1.165, 1.54) is 0 Å². The smallest absolute Gasteiger partial charge is 0.0702 e. The van der Waals surface area contributed by atoms with Gasteiger partial charge in [0.25, 0.3) is 0 Å². The van der Waals surface area contributed by atoms with Crippen LogP contribution in [0.4, 0.5) is 5.69 Å². The van der Waals surface area contributed by atoms with Gasteiger partial charge in [0.05, 0.1) is 6.61 Å². The third-order valence-corrected chi connectivity index (χ3v) is 3.59. The fourth-order valence-corrected chi connectivity index (χ4v) is 2.65. The van der Waals surface area contributed by atoms with Gasteiger partial charge in [-0.15, -0.1) is 0 Å². The van der Waals surface area contributed by atoms with Crippen molar-refractivity contribution in [3.63, 3.8) is 0 Å². The van der Waals surface area contributed by atoms with Crippen LogP contribution < -0.4 is 4.90 Å². The number of anilines is 1. The molecule has 1 aliphatic heterocycles. The summed E-state index contributed by atoms with van der Waals surface area (Å²) < 4.78 is 0. The van der Waals surface area contributed by atoms with Crippen molar-refractivity contribution in [2.45, 2.75) is 19.6 Å². The Bertz CT molecular complexity index is 397. The Morgan fingerprint density at radius 2 is 2.18 bits per heavy atom. The summed E-state index contributed by atoms with van der Waals surface area (Å²) in [4.78, 5) is 4.68. The van der Waals surface area contributed by atoms with Gasteiger partial charge in [0, 0.05) is 41.9 Å². The van der Waals surface area contributed by atoms with Crippen molar-refractivity contribution >= 4 is 17.3 Å². The van der Waals surface area contributed by atoms with Gasteiger partial charge in [0.15, 0.2) is 0 Å². The molecule has 1 aromatic carbocycles. The lowest BCUT2D eigenvalue weighted by atomic mass is 10.1. The first-order valence-corrected chi connectivity index (χ1v) is 6.34. The molecule has 94 valence electrons. The monoisotopic (exact) mass is 254 g/mol. The summed E-state index contributed by atoms with van der Waals surface area (Å²) in [6.45, 7) is 5.35. The van der Waals surface area contributed by atoms with Crippen LogP contribution in [0.5, 0.6) is 0 Å². The minimum Gasteiger partial charge on any atom is -0.392 e. The topological polar surface area (TPSA) is 26.7 Å². The molecule has 0 radical (unpaired) electrons. The Hall–Kier alpha value is -0.770. The van der Waals surface area contributed by atoms with Crippen LogP contribution >= 0.6 is 11.6 Å². The van der Waals surface area contributed by atoms with Crippen LogP contribution in [0.15, 0.2) is 18.2 Å². The largest absolute Gasteiger partial charge is 0.392 e. The Morgan fingerprint density at radius 3 is 2.82 bits per heavy atom. The predicted octanol–water partition coefficient (Wildman–Crippen LogP) is 1.97. The summed E-state index contributed by atoms with van der Waals surface area (Å²) in [6, 6.07) is 6.21. The molecule has 1 heterocycles. The third kappa shape index (κ3) is 2.73. The van der Waals surface area contributed by atoms with Gasteiger partial charge in [0.2, 0.25) is 0 Å². The van der Waals surface area contributed by atoms with E-state index in [1.54, 1.807) is 0 Å². The van der Waals surface area contributed by atoms with Gasteiger partial charge in [-0.2, -0.15) is 0 Å². The van der Waals surface area contributed by atoms with Gasteiger partial charge in [-0.25, -0.2) is 0 Å². The third-order valence-electron chi connectivity index (χ3n) is 3.35. The van der Waals surface area contributed by atoms with E-state index in [-0.39, 0.29) is 6.61 Å². The number of rotatable bonds is 2. The first-order valence-electron chi connectivity index (χ1n) is 5.96. The summed E-state index contributed by atoms with van der Waals surface area (Å²) in [5.41, 5.74) is 2.02. The van der Waals surface area contributed by atoms with Crippen molar-refractivity contribution in [2.75, 3.05) is 31.6 Å². The number of likely N-dealkylation sites (N-methyl/N-ethyl adjacent to an activating group) is 1. The number of nitrogens with zero attached hydrogens (tertiary/aromatic N) is 2. The van der Waals surface area contributed by atoms with E-state index < -0.39 is 0 Å². The number of benzene rings is 1. The van der Waals surface area contributed by atoms with Crippen LogP contribution in [0.1, 0.15) is 12.5 Å². The van der Waals surface area contributed by atoms with Crippen molar-refractivity contribution in [3.8, 4) is 0 Å². The quantitative estimate of drug-likeness (QED) is 0.874. The Labute approximate surface area is 108 Å². The molecule has 1 saturated heterocycles. The maximum absolute atomic E-state index is 9.42. The molecule has 17 heavy (non-hydrogen) atoms. The van der Waals surface area contributed by atoms with E-state index in [0.717, 1.165) is 30.9 Å². The molecule has 4 heteroatoms. The van der Waals surface area contributed by atoms with E-state index in [0.29, 0.717) is 11.1 Å². The van der Waals surface area contributed by atoms with E-state index >= 15 is 0 Å². The fraction of sp³-hybridized carbons (Fsp3) is 0.538. The molecule has 1 unspecified atom stereocenters. The maximum atomic E-state index is 9.42. The number of aliphatic hydroxyl groups is 1. The number of hydrogen-bond donors (Lipinski definition) is 1. The second-order valence-corrected chi connectivity index (χ2v) is 5.17. The molecule has 0 saturated carbocycles. The molecular formula is C13H19ClN2O. The van der Waals surface area contributed by atoms with Crippen LogP contribution in [-0.4, -0.2) is 42.7 Å². The lowest BCUT2D eigenvalue weighted by molar-refractivity contribution is 0.269. The molecule has 1 atom stereocenters. The Morgan fingerprint density at radius 1 is 1.41 bits per heavy atom. The number of hydrogen-bond acceptors (Lipinski definition) is 3. The molecule has 0 bridgehead atoms. The standard InChI is InChI=1S/C13H19ClN2O/c1-10-8-15(2)5-6-16(10)13-4-3-12(14)7-11(13)9-17/h3-4,7,10,17H,5-6,8-9H2,1-2H3. The van der Waals surface area contributed by atoms with Gasteiger partial charge in [-0.05, 0) is 32.2 Å². The summed E-state index contributed by atoms with van der Waals surface area (Å²) in [6.07, 6.45) is 0. The molecule has 0 aromatic heterocycles. The average Bonchev–Trinajstić information content (AvgIpc) is 2.30. The highest BCUT2D eigenvalue weighted by molar-refractivity contribution is 6.30. The zero-order valence-electron chi connectivity index (χ0n) is 10.4. The lowest BCUT2D eigenvalue weighted by Crippen LogP contribution is -2.50. The molecular weight excluding hydrogens is 236 g/mol. The van der Waals surface area contributed by atoms with Gasteiger partial charge in [0.1, 0.15) is 0 Å². The fourth-order valence-electron chi connectivity index (χ4n) is 2.46. The molecule has 0 spiro atoms. The summed E-state index contributed by atoms with van der Waals surface area (Å²) in [5, 5.41) is 10.1. The lowest BCUT2D eigenvalue weighted by Gasteiger charge is -2.40. The second kappa shape index (κ2) is 5.25. The first-order chi connectivity index (χ1) is 8.11. The van der Waals surface area contributed by atoms with Crippen LogP contribution in [0.2, 0.25) is 5.02 Å². The van der Waals surface area contributed by atoms with Crippen molar-refractivity contribution < 1.29 is 5.11 Å². The van der Waals surface area contributed by atoms with E-state index in [4.69, 9.17) is 11.6 Å². The van der Waals surface area contributed by atoms with E-state index in [1.807, 2.05) is 18.2 Å². The van der Waals surface area contributed by atoms with Crippen molar-refractivity contribution in [2.24, 2.45) is 0 Å². The van der Waals surface area contributed by atoms with Crippen LogP contribution in [0, 0.1) is 0 Å². The minimum absolute atomic E-state index is 0.0367. The Kier molecular flexibility index (Phi) is 3.92. The molecule has 1 fully saturated rings. The van der Waals surface area contributed by atoms with Crippen LogP contribution in [0.3, 0.4) is 0 Å². The molecule has 3 nitrogen and oxygen atoms in total. The molecule has 0 amide bonds. The number of halogens is 1. The summed E-state index contributed by atoms with van der Waals surface area (Å²) in [5.74, 6) is 0. The van der Waals surface area contributed by atoms with E-state index in [9.17, 15) is 5.11 Å². The number of piperazine rings is 1. The highest BCUT2D eigenvalue weighted by atomic mass is 35.5.